The molecule has 30 heavy (non-hydrogen) atoms. The van der Waals surface area contributed by atoms with E-state index in [1.165, 1.54) is 0 Å². The molecule has 0 aliphatic rings. The summed E-state index contributed by atoms with van der Waals surface area (Å²) in [6, 6.07) is 14.5. The highest BCUT2D eigenvalue weighted by Gasteiger charge is 2.28. The van der Waals surface area contributed by atoms with Crippen molar-refractivity contribution < 1.29 is 19.1 Å². The number of amides is 2. The molecule has 0 spiro atoms. The Hall–Kier alpha value is -3.02. The number of rotatable bonds is 11. The maximum absolute atomic E-state index is 13.1. The molecule has 0 heterocycles. The molecule has 0 fully saturated rings. The molecule has 2 aromatic carbocycles. The fraction of sp³-hybridized carbons (Fsp3) is 0.417. The first-order chi connectivity index (χ1) is 14.5. The maximum Gasteiger partial charge on any atom is 0.261 e. The van der Waals surface area contributed by atoms with Crippen LogP contribution in [0.25, 0.3) is 0 Å². The van der Waals surface area contributed by atoms with Crippen molar-refractivity contribution in [2.24, 2.45) is 0 Å². The van der Waals surface area contributed by atoms with Gasteiger partial charge in [-0.2, -0.15) is 0 Å². The first-order valence-corrected chi connectivity index (χ1v) is 10.4. The molecule has 6 heteroatoms. The van der Waals surface area contributed by atoms with Gasteiger partial charge in [-0.25, -0.2) is 0 Å². The lowest BCUT2D eigenvalue weighted by molar-refractivity contribution is -0.143. The summed E-state index contributed by atoms with van der Waals surface area (Å²) in [5.41, 5.74) is 2.12. The van der Waals surface area contributed by atoms with E-state index >= 15 is 0 Å². The molecule has 1 N–H and O–H groups in total. The fourth-order valence-corrected chi connectivity index (χ4v) is 3.08. The summed E-state index contributed by atoms with van der Waals surface area (Å²) in [5, 5.41) is 2.91. The van der Waals surface area contributed by atoms with E-state index in [9.17, 15) is 9.59 Å². The number of methoxy groups -OCH3 is 1. The van der Waals surface area contributed by atoms with E-state index in [-0.39, 0.29) is 18.4 Å². The van der Waals surface area contributed by atoms with Gasteiger partial charge in [-0.1, -0.05) is 43.7 Å². The number of carbonyl (C=O) groups is 2. The number of aryl methyl sites for hydroxylation is 1. The van der Waals surface area contributed by atoms with E-state index in [2.05, 4.69) is 5.32 Å². The molecule has 0 aliphatic carbocycles. The summed E-state index contributed by atoms with van der Waals surface area (Å²) < 4.78 is 10.8. The van der Waals surface area contributed by atoms with Crippen molar-refractivity contribution in [2.75, 3.05) is 20.3 Å². The van der Waals surface area contributed by atoms with Crippen LogP contribution in [0.15, 0.2) is 48.5 Å². The number of hydrogen-bond acceptors (Lipinski definition) is 4. The van der Waals surface area contributed by atoms with Gasteiger partial charge in [0, 0.05) is 13.1 Å². The Kier molecular flexibility index (Phi) is 9.19. The standard InChI is InChI=1S/C24H32N2O4/c1-5-15-25-24(28)22(6-2)26(16-19-9-7-18(3)8-10-19)23(27)17-30-21-13-11-20(29-4)12-14-21/h7-14,22H,5-6,15-17H2,1-4H3,(H,25,28). The number of ether oxygens (including phenoxy) is 2. The van der Waals surface area contributed by atoms with Gasteiger partial charge in [-0.3, -0.25) is 9.59 Å². The van der Waals surface area contributed by atoms with Crippen molar-refractivity contribution in [2.45, 2.75) is 46.2 Å². The molecular formula is C24H32N2O4. The summed E-state index contributed by atoms with van der Waals surface area (Å²) in [7, 11) is 1.59. The highest BCUT2D eigenvalue weighted by molar-refractivity contribution is 5.88. The Morgan fingerprint density at radius 2 is 1.63 bits per heavy atom. The molecule has 0 bridgehead atoms. The summed E-state index contributed by atoms with van der Waals surface area (Å²) in [5.74, 6) is 0.922. The number of hydrogen-bond donors (Lipinski definition) is 1. The molecule has 162 valence electrons. The third-order valence-corrected chi connectivity index (χ3v) is 4.83. The Balaban J connectivity index is 2.15. The highest BCUT2D eigenvalue weighted by Crippen LogP contribution is 2.18. The molecule has 0 saturated heterocycles. The van der Waals surface area contributed by atoms with Crippen LogP contribution < -0.4 is 14.8 Å². The van der Waals surface area contributed by atoms with Crippen molar-refractivity contribution in [3.8, 4) is 11.5 Å². The number of benzene rings is 2. The lowest BCUT2D eigenvalue weighted by atomic mass is 10.1. The third-order valence-electron chi connectivity index (χ3n) is 4.83. The van der Waals surface area contributed by atoms with Crippen LogP contribution in [0.4, 0.5) is 0 Å². The molecule has 0 aromatic heterocycles. The van der Waals surface area contributed by atoms with Crippen molar-refractivity contribution in [1.29, 1.82) is 0 Å². The minimum Gasteiger partial charge on any atom is -0.497 e. The van der Waals surface area contributed by atoms with Crippen LogP contribution in [0, 0.1) is 6.92 Å². The Morgan fingerprint density at radius 3 is 2.20 bits per heavy atom. The summed E-state index contributed by atoms with van der Waals surface area (Å²) in [6.07, 6.45) is 1.37. The van der Waals surface area contributed by atoms with Gasteiger partial charge in [0.2, 0.25) is 5.91 Å². The highest BCUT2D eigenvalue weighted by atomic mass is 16.5. The molecule has 2 rings (SSSR count). The smallest absolute Gasteiger partial charge is 0.261 e. The number of nitrogens with zero attached hydrogens (tertiary/aromatic N) is 1. The third kappa shape index (κ3) is 6.79. The Morgan fingerprint density at radius 1 is 1.00 bits per heavy atom. The number of carbonyl (C=O) groups excluding carboxylic acids is 2. The van der Waals surface area contributed by atoms with E-state index in [1.54, 1.807) is 36.3 Å². The van der Waals surface area contributed by atoms with Crippen LogP contribution in [0.3, 0.4) is 0 Å². The molecule has 1 atom stereocenters. The van der Waals surface area contributed by atoms with E-state index in [0.29, 0.717) is 31.0 Å². The topological polar surface area (TPSA) is 67.9 Å². The Bertz CT molecular complexity index is 803. The molecule has 6 nitrogen and oxygen atoms in total. The summed E-state index contributed by atoms with van der Waals surface area (Å²) in [4.78, 5) is 27.4. The Labute approximate surface area is 179 Å². The van der Waals surface area contributed by atoms with Gasteiger partial charge in [0.15, 0.2) is 6.61 Å². The van der Waals surface area contributed by atoms with Gasteiger partial charge in [0.25, 0.3) is 5.91 Å². The van der Waals surface area contributed by atoms with Crippen LogP contribution in [0.5, 0.6) is 11.5 Å². The second kappa shape index (κ2) is 11.9. The molecule has 1 unspecified atom stereocenters. The first kappa shape index (κ1) is 23.3. The lowest BCUT2D eigenvalue weighted by Gasteiger charge is -2.30. The average Bonchev–Trinajstić information content (AvgIpc) is 2.77. The summed E-state index contributed by atoms with van der Waals surface area (Å²) >= 11 is 0. The molecule has 2 aromatic rings. The van der Waals surface area contributed by atoms with Crippen LogP contribution >= 0.6 is 0 Å². The van der Waals surface area contributed by atoms with Gasteiger partial charge in [0.05, 0.1) is 7.11 Å². The van der Waals surface area contributed by atoms with Gasteiger partial charge >= 0.3 is 0 Å². The second-order valence-corrected chi connectivity index (χ2v) is 7.19. The van der Waals surface area contributed by atoms with E-state index in [1.807, 2.05) is 45.0 Å². The van der Waals surface area contributed by atoms with Gasteiger partial charge < -0.3 is 19.7 Å². The van der Waals surface area contributed by atoms with E-state index < -0.39 is 6.04 Å². The van der Waals surface area contributed by atoms with Crippen LogP contribution in [0.1, 0.15) is 37.8 Å². The fourth-order valence-electron chi connectivity index (χ4n) is 3.08. The van der Waals surface area contributed by atoms with E-state index in [4.69, 9.17) is 9.47 Å². The largest absolute Gasteiger partial charge is 0.497 e. The van der Waals surface area contributed by atoms with Crippen molar-refractivity contribution in [3.63, 3.8) is 0 Å². The zero-order chi connectivity index (χ0) is 21.9. The predicted octanol–water partition coefficient (Wildman–Crippen LogP) is 3.72. The average molecular weight is 413 g/mol. The second-order valence-electron chi connectivity index (χ2n) is 7.19. The SMILES string of the molecule is CCCNC(=O)C(CC)N(Cc1ccc(C)cc1)C(=O)COc1ccc(OC)cc1. The minimum absolute atomic E-state index is 0.135. The van der Waals surface area contributed by atoms with Crippen molar-refractivity contribution >= 4 is 11.8 Å². The lowest BCUT2D eigenvalue weighted by Crippen LogP contribution is -2.50. The van der Waals surface area contributed by atoms with Crippen LogP contribution in [0.2, 0.25) is 0 Å². The number of nitrogens with one attached hydrogen (secondary N) is 1. The monoisotopic (exact) mass is 412 g/mol. The normalized spacial score (nSPS) is 11.5. The minimum atomic E-state index is -0.551. The zero-order valence-electron chi connectivity index (χ0n) is 18.3. The molecule has 2 amide bonds. The quantitative estimate of drug-likeness (QED) is 0.611. The van der Waals surface area contributed by atoms with Crippen LogP contribution in [-0.2, 0) is 16.1 Å². The van der Waals surface area contributed by atoms with Crippen molar-refractivity contribution in [3.05, 3.63) is 59.7 Å². The molecule has 0 saturated carbocycles. The van der Waals surface area contributed by atoms with Gasteiger partial charge in [-0.05, 0) is 49.6 Å². The van der Waals surface area contributed by atoms with Crippen LogP contribution in [-0.4, -0.2) is 43.0 Å². The summed E-state index contributed by atoms with van der Waals surface area (Å²) in [6.45, 7) is 6.72. The van der Waals surface area contributed by atoms with Gasteiger partial charge in [-0.15, -0.1) is 0 Å². The predicted molar refractivity (Wildman–Crippen MR) is 118 cm³/mol. The van der Waals surface area contributed by atoms with Gasteiger partial charge in [0.1, 0.15) is 17.5 Å². The van der Waals surface area contributed by atoms with E-state index in [0.717, 1.165) is 17.5 Å². The van der Waals surface area contributed by atoms with Crippen molar-refractivity contribution in [1.82, 2.24) is 10.2 Å². The molecule has 0 radical (unpaired) electrons. The molecule has 0 aliphatic heterocycles. The zero-order valence-corrected chi connectivity index (χ0v) is 18.3. The maximum atomic E-state index is 13.1. The first-order valence-electron chi connectivity index (χ1n) is 10.4. The molecular weight excluding hydrogens is 380 g/mol.